The van der Waals surface area contributed by atoms with E-state index in [9.17, 15) is 9.59 Å². The van der Waals surface area contributed by atoms with Gasteiger partial charge in [-0.25, -0.2) is 9.69 Å². The highest BCUT2D eigenvalue weighted by Gasteiger charge is 2.41. The van der Waals surface area contributed by atoms with Crippen molar-refractivity contribution in [1.29, 1.82) is 0 Å². The van der Waals surface area contributed by atoms with Crippen molar-refractivity contribution >= 4 is 23.6 Å². The molecule has 2 aromatic rings. The van der Waals surface area contributed by atoms with E-state index in [2.05, 4.69) is 6.58 Å². The van der Waals surface area contributed by atoms with Gasteiger partial charge in [0.05, 0.1) is 11.9 Å². The Bertz CT molecular complexity index is 959. The predicted octanol–water partition coefficient (Wildman–Crippen LogP) is 5.86. The summed E-state index contributed by atoms with van der Waals surface area (Å²) < 4.78 is 11.0. The van der Waals surface area contributed by atoms with Gasteiger partial charge in [-0.05, 0) is 48.4 Å². The Morgan fingerprint density at radius 3 is 2.58 bits per heavy atom. The van der Waals surface area contributed by atoms with Gasteiger partial charge in [-0.15, -0.1) is 0 Å². The van der Waals surface area contributed by atoms with Gasteiger partial charge >= 0.3 is 6.09 Å². The van der Waals surface area contributed by atoms with Crippen LogP contribution in [-0.2, 0) is 14.3 Å². The van der Waals surface area contributed by atoms with Crippen LogP contribution in [0.3, 0.4) is 0 Å². The average Bonchev–Trinajstić information content (AvgIpc) is 3.14. The molecule has 2 fully saturated rings. The number of nitrogens with zero attached hydrogens (tertiary/aromatic N) is 1. The number of amides is 2. The first-order valence-electron chi connectivity index (χ1n) is 10.6. The fourth-order valence-corrected chi connectivity index (χ4v) is 4.79. The molecule has 162 valence electrons. The topological polar surface area (TPSA) is 55.8 Å². The van der Waals surface area contributed by atoms with Gasteiger partial charge in [-0.3, -0.25) is 4.79 Å². The lowest BCUT2D eigenvalue weighted by molar-refractivity contribution is -0.130. The lowest BCUT2D eigenvalue weighted by atomic mass is 9.77. The molecule has 0 aliphatic carbocycles. The maximum Gasteiger partial charge on any atom is 0.417 e. The van der Waals surface area contributed by atoms with E-state index in [0.29, 0.717) is 11.4 Å². The van der Waals surface area contributed by atoms with E-state index >= 15 is 0 Å². The summed E-state index contributed by atoms with van der Waals surface area (Å²) >= 11 is 6.09. The fourth-order valence-electron chi connectivity index (χ4n) is 4.66. The minimum atomic E-state index is -0.585. The molecule has 0 unspecified atom stereocenters. The molecule has 2 aliphatic rings. The molecule has 2 aromatic carbocycles. The molecule has 2 saturated heterocycles. The molecule has 2 amide bonds. The second-order valence-electron chi connectivity index (χ2n) is 8.30. The Labute approximate surface area is 187 Å². The zero-order chi connectivity index (χ0) is 22.0. The van der Waals surface area contributed by atoms with Crippen LogP contribution in [0.4, 0.5) is 4.79 Å². The van der Waals surface area contributed by atoms with Crippen molar-refractivity contribution in [2.75, 3.05) is 6.61 Å². The predicted molar refractivity (Wildman–Crippen MR) is 119 cm³/mol. The summed E-state index contributed by atoms with van der Waals surface area (Å²) in [6, 6.07) is 16.7. The normalized spacial score (nSPS) is 24.5. The summed E-state index contributed by atoms with van der Waals surface area (Å²) in [7, 11) is 0. The summed E-state index contributed by atoms with van der Waals surface area (Å²) in [5, 5.41) is 0.644. The molecule has 31 heavy (non-hydrogen) atoms. The first-order chi connectivity index (χ1) is 14.9. The van der Waals surface area contributed by atoms with Crippen LogP contribution < -0.4 is 0 Å². The van der Waals surface area contributed by atoms with Crippen LogP contribution in [0.15, 0.2) is 66.9 Å². The summed E-state index contributed by atoms with van der Waals surface area (Å²) in [5.41, 5.74) is 1.91. The SMILES string of the molecule is C=C1C[C@@H]([C@@H](CC(=O)N2C(=O)OC[C@H]2c2ccccc2)c2ccc(Cl)cc2)C[C@@H](C)O1. The van der Waals surface area contributed by atoms with Crippen molar-refractivity contribution in [3.8, 4) is 0 Å². The first kappa shape index (κ1) is 21.4. The van der Waals surface area contributed by atoms with Gasteiger partial charge in [0.15, 0.2) is 0 Å². The van der Waals surface area contributed by atoms with E-state index < -0.39 is 12.1 Å². The van der Waals surface area contributed by atoms with E-state index in [1.165, 1.54) is 4.90 Å². The van der Waals surface area contributed by atoms with Gasteiger partial charge < -0.3 is 9.47 Å². The number of halogens is 1. The standard InChI is InChI=1S/C25H26ClNO4/c1-16-12-20(13-17(2)31-16)22(18-8-10-21(26)11-9-18)14-24(28)27-23(15-30-25(27)29)19-6-4-3-5-7-19/h3-11,17,20,22-23H,1,12-15H2,2H3/t17-,20-,22+,23+/m1/s1. The third-order valence-electron chi connectivity index (χ3n) is 6.08. The van der Waals surface area contributed by atoms with Gasteiger partial charge in [-0.1, -0.05) is 60.6 Å². The van der Waals surface area contributed by atoms with Crippen LogP contribution in [0, 0.1) is 5.92 Å². The zero-order valence-electron chi connectivity index (χ0n) is 17.5. The van der Waals surface area contributed by atoms with Crippen molar-refractivity contribution in [3.05, 3.63) is 83.1 Å². The summed E-state index contributed by atoms with van der Waals surface area (Å²) in [6.45, 7) is 6.20. The molecule has 4 atom stereocenters. The molecule has 2 heterocycles. The Morgan fingerprint density at radius 2 is 1.90 bits per heavy atom. The number of carbonyl (C=O) groups excluding carboxylic acids is 2. The molecule has 0 N–H and O–H groups in total. The van der Waals surface area contributed by atoms with Crippen molar-refractivity contribution in [2.45, 2.75) is 44.2 Å². The van der Waals surface area contributed by atoms with E-state index in [0.717, 1.165) is 23.3 Å². The summed E-state index contributed by atoms with van der Waals surface area (Å²) in [4.78, 5) is 27.2. The minimum absolute atomic E-state index is 0.0324. The highest BCUT2D eigenvalue weighted by molar-refractivity contribution is 6.30. The maximum atomic E-state index is 13.4. The monoisotopic (exact) mass is 439 g/mol. The molecule has 0 radical (unpaired) electrons. The van der Waals surface area contributed by atoms with Crippen molar-refractivity contribution in [1.82, 2.24) is 4.90 Å². The number of ether oxygens (including phenoxy) is 2. The highest BCUT2D eigenvalue weighted by Crippen LogP contribution is 2.41. The van der Waals surface area contributed by atoms with Crippen LogP contribution in [0.1, 0.15) is 49.3 Å². The van der Waals surface area contributed by atoms with E-state index in [4.69, 9.17) is 21.1 Å². The second-order valence-corrected chi connectivity index (χ2v) is 8.73. The number of carbonyl (C=O) groups is 2. The molecule has 0 spiro atoms. The van der Waals surface area contributed by atoms with Crippen LogP contribution >= 0.6 is 11.6 Å². The second kappa shape index (κ2) is 9.15. The van der Waals surface area contributed by atoms with Crippen LogP contribution in [0.2, 0.25) is 5.02 Å². The quantitative estimate of drug-likeness (QED) is 0.585. The van der Waals surface area contributed by atoms with Crippen molar-refractivity contribution < 1.29 is 19.1 Å². The van der Waals surface area contributed by atoms with Crippen LogP contribution in [0.25, 0.3) is 0 Å². The fraction of sp³-hybridized carbons (Fsp3) is 0.360. The number of allylic oxidation sites excluding steroid dienone is 1. The molecule has 6 heteroatoms. The van der Waals surface area contributed by atoms with E-state index in [-0.39, 0.29) is 36.9 Å². The number of cyclic esters (lactones) is 1. The Hall–Kier alpha value is -2.79. The lowest BCUT2D eigenvalue weighted by Crippen LogP contribution is -2.36. The van der Waals surface area contributed by atoms with Gasteiger partial charge in [0.25, 0.3) is 0 Å². The number of rotatable bonds is 5. The summed E-state index contributed by atoms with van der Waals surface area (Å²) in [6.07, 6.45) is 1.14. The molecule has 0 aromatic heterocycles. The highest BCUT2D eigenvalue weighted by atomic mass is 35.5. The Morgan fingerprint density at radius 1 is 1.19 bits per heavy atom. The number of hydrogen-bond donors (Lipinski definition) is 0. The average molecular weight is 440 g/mol. The van der Waals surface area contributed by atoms with Gasteiger partial charge in [0, 0.05) is 17.9 Å². The summed E-state index contributed by atoms with van der Waals surface area (Å²) in [5.74, 6) is 0.590. The van der Waals surface area contributed by atoms with Crippen LogP contribution in [-0.4, -0.2) is 29.6 Å². The van der Waals surface area contributed by atoms with Crippen LogP contribution in [0.5, 0.6) is 0 Å². The van der Waals surface area contributed by atoms with Crippen molar-refractivity contribution in [2.24, 2.45) is 5.92 Å². The van der Waals surface area contributed by atoms with E-state index in [1.54, 1.807) is 0 Å². The smallest absolute Gasteiger partial charge is 0.417 e. The third kappa shape index (κ3) is 4.77. The molecular formula is C25H26ClNO4. The zero-order valence-corrected chi connectivity index (χ0v) is 18.3. The Kier molecular flexibility index (Phi) is 6.33. The number of benzene rings is 2. The molecule has 0 bridgehead atoms. The molecular weight excluding hydrogens is 414 g/mol. The van der Waals surface area contributed by atoms with E-state index in [1.807, 2.05) is 61.5 Å². The third-order valence-corrected chi connectivity index (χ3v) is 6.33. The number of imide groups is 1. The molecule has 5 nitrogen and oxygen atoms in total. The molecule has 2 aliphatic heterocycles. The van der Waals surface area contributed by atoms with Gasteiger partial charge in [0.2, 0.25) is 5.91 Å². The maximum absolute atomic E-state index is 13.4. The Balaban J connectivity index is 1.61. The van der Waals surface area contributed by atoms with Gasteiger partial charge in [0.1, 0.15) is 12.6 Å². The first-order valence-corrected chi connectivity index (χ1v) is 10.9. The van der Waals surface area contributed by atoms with Gasteiger partial charge in [-0.2, -0.15) is 0 Å². The minimum Gasteiger partial charge on any atom is -0.496 e. The number of hydrogen-bond acceptors (Lipinski definition) is 4. The largest absolute Gasteiger partial charge is 0.496 e. The molecule has 4 rings (SSSR count). The lowest BCUT2D eigenvalue weighted by Gasteiger charge is -2.35. The van der Waals surface area contributed by atoms with Crippen molar-refractivity contribution in [3.63, 3.8) is 0 Å². The molecule has 0 saturated carbocycles.